The van der Waals surface area contributed by atoms with Crippen LogP contribution in [-0.4, -0.2) is 22.3 Å². The number of nitrogens with zero attached hydrogens (tertiary/aromatic N) is 1. The summed E-state index contributed by atoms with van der Waals surface area (Å²) in [4.78, 5) is 2.36. The average Bonchev–Trinajstić information content (AvgIpc) is 2.74. The smallest absolute Gasteiger partial charge is 0.151 e. The predicted molar refractivity (Wildman–Crippen MR) is 140 cm³/mol. The van der Waals surface area contributed by atoms with E-state index in [9.17, 15) is 0 Å². The van der Waals surface area contributed by atoms with E-state index in [1.807, 2.05) is 0 Å². The van der Waals surface area contributed by atoms with Gasteiger partial charge in [-0.25, -0.2) is 0 Å². The standard InChI is InChI=1S/C25H52N2S2/c1-3-5-7-9-11-13-15-17-19-21-23-27(25(28)29-26)24-22-20-18-16-14-12-10-8-6-4-2/h3-24,26H2,1-2H3. The fourth-order valence-corrected chi connectivity index (χ4v) is 4.46. The molecule has 0 bridgehead atoms. The third-order valence-electron chi connectivity index (χ3n) is 5.92. The van der Waals surface area contributed by atoms with Gasteiger partial charge in [0.15, 0.2) is 4.32 Å². The Kier molecular flexibility index (Phi) is 24.6. The van der Waals surface area contributed by atoms with Crippen molar-refractivity contribution in [2.75, 3.05) is 13.1 Å². The van der Waals surface area contributed by atoms with Gasteiger partial charge in [0, 0.05) is 13.1 Å². The second-order valence-corrected chi connectivity index (χ2v) is 10.0. The molecule has 174 valence electrons. The molecule has 0 aromatic rings. The molecule has 0 radical (unpaired) electrons. The molecule has 0 aromatic carbocycles. The van der Waals surface area contributed by atoms with Gasteiger partial charge in [0.1, 0.15) is 0 Å². The van der Waals surface area contributed by atoms with Crippen molar-refractivity contribution in [3.8, 4) is 0 Å². The van der Waals surface area contributed by atoms with Crippen molar-refractivity contribution in [2.24, 2.45) is 5.14 Å². The monoisotopic (exact) mass is 444 g/mol. The molecule has 0 atom stereocenters. The fraction of sp³-hybridized carbons (Fsp3) is 0.960. The van der Waals surface area contributed by atoms with E-state index in [4.69, 9.17) is 17.4 Å². The molecule has 0 unspecified atom stereocenters. The first-order chi connectivity index (χ1) is 14.3. The van der Waals surface area contributed by atoms with Crippen molar-refractivity contribution < 1.29 is 0 Å². The third-order valence-corrected chi connectivity index (χ3v) is 6.93. The van der Waals surface area contributed by atoms with Crippen LogP contribution in [-0.2, 0) is 0 Å². The summed E-state index contributed by atoms with van der Waals surface area (Å²) in [7, 11) is 0. The van der Waals surface area contributed by atoms with Gasteiger partial charge in [-0.3, -0.25) is 5.14 Å². The largest absolute Gasteiger partial charge is 0.357 e. The Labute approximate surface area is 193 Å². The van der Waals surface area contributed by atoms with Crippen LogP contribution >= 0.6 is 24.2 Å². The van der Waals surface area contributed by atoms with Gasteiger partial charge in [0.2, 0.25) is 0 Å². The normalized spacial score (nSPS) is 11.1. The third kappa shape index (κ3) is 21.2. The van der Waals surface area contributed by atoms with E-state index in [0.717, 1.165) is 17.4 Å². The Morgan fingerprint density at radius 1 is 0.552 bits per heavy atom. The van der Waals surface area contributed by atoms with Crippen LogP contribution in [0.4, 0.5) is 0 Å². The van der Waals surface area contributed by atoms with Gasteiger partial charge in [-0.05, 0) is 24.8 Å². The molecule has 0 saturated heterocycles. The van der Waals surface area contributed by atoms with Gasteiger partial charge in [0.25, 0.3) is 0 Å². The summed E-state index contributed by atoms with van der Waals surface area (Å²) in [5.74, 6) is 0. The highest BCUT2D eigenvalue weighted by Crippen LogP contribution is 2.14. The van der Waals surface area contributed by atoms with Gasteiger partial charge in [0.05, 0.1) is 0 Å². The molecule has 0 saturated carbocycles. The maximum Gasteiger partial charge on any atom is 0.151 e. The van der Waals surface area contributed by atoms with Crippen LogP contribution in [0.1, 0.15) is 142 Å². The van der Waals surface area contributed by atoms with Crippen LogP contribution in [0.25, 0.3) is 0 Å². The summed E-state index contributed by atoms with van der Waals surface area (Å²) in [6.45, 7) is 6.76. The van der Waals surface area contributed by atoms with E-state index < -0.39 is 0 Å². The van der Waals surface area contributed by atoms with Crippen LogP contribution < -0.4 is 5.14 Å². The zero-order valence-corrected chi connectivity index (χ0v) is 21.5. The number of rotatable bonds is 22. The van der Waals surface area contributed by atoms with Crippen molar-refractivity contribution in [1.82, 2.24) is 4.90 Å². The lowest BCUT2D eigenvalue weighted by Gasteiger charge is -2.23. The minimum absolute atomic E-state index is 0.886. The first-order valence-corrected chi connectivity index (χ1v) is 14.2. The molecule has 0 aliphatic carbocycles. The van der Waals surface area contributed by atoms with E-state index >= 15 is 0 Å². The Morgan fingerprint density at radius 3 is 1.10 bits per heavy atom. The van der Waals surface area contributed by atoms with Crippen LogP contribution in [0.15, 0.2) is 0 Å². The maximum atomic E-state index is 5.75. The van der Waals surface area contributed by atoms with Gasteiger partial charge >= 0.3 is 0 Å². The van der Waals surface area contributed by atoms with Crippen LogP contribution in [0.3, 0.4) is 0 Å². The van der Waals surface area contributed by atoms with E-state index in [0.29, 0.717) is 0 Å². The molecule has 0 aliphatic heterocycles. The van der Waals surface area contributed by atoms with Crippen molar-refractivity contribution in [2.45, 2.75) is 142 Å². The highest BCUT2D eigenvalue weighted by Gasteiger charge is 2.08. The van der Waals surface area contributed by atoms with Gasteiger partial charge in [-0.1, -0.05) is 142 Å². The predicted octanol–water partition coefficient (Wildman–Crippen LogP) is 9.02. The Bertz CT molecular complexity index is 313. The molecule has 2 N–H and O–H groups in total. The second-order valence-electron chi connectivity index (χ2n) is 8.73. The van der Waals surface area contributed by atoms with Crippen molar-refractivity contribution in [3.63, 3.8) is 0 Å². The summed E-state index contributed by atoms with van der Waals surface area (Å²) in [6, 6.07) is 0. The number of thiocarbonyl (C=S) groups is 1. The quantitative estimate of drug-likeness (QED) is 0.102. The van der Waals surface area contributed by atoms with Crippen LogP contribution in [0, 0.1) is 0 Å². The molecule has 0 heterocycles. The average molecular weight is 445 g/mol. The molecule has 0 spiro atoms. The highest BCUT2D eigenvalue weighted by molar-refractivity contribution is 8.21. The zero-order chi connectivity index (χ0) is 21.4. The summed E-state index contributed by atoms with van der Waals surface area (Å²) >= 11 is 6.73. The molecule has 0 amide bonds. The Balaban J connectivity index is 3.59. The second kappa shape index (κ2) is 24.5. The maximum absolute atomic E-state index is 5.75. The molecule has 2 nitrogen and oxygen atoms in total. The lowest BCUT2D eigenvalue weighted by atomic mass is 10.1. The van der Waals surface area contributed by atoms with E-state index in [1.165, 1.54) is 140 Å². The zero-order valence-electron chi connectivity index (χ0n) is 19.9. The molecule has 0 rings (SSSR count). The fourth-order valence-electron chi connectivity index (χ4n) is 3.95. The number of nitrogens with two attached hydrogens (primary N) is 1. The summed E-state index contributed by atoms with van der Waals surface area (Å²) in [6.07, 6.45) is 27.7. The van der Waals surface area contributed by atoms with Crippen LogP contribution in [0.2, 0.25) is 0 Å². The lowest BCUT2D eigenvalue weighted by Crippen LogP contribution is -2.30. The molecule has 29 heavy (non-hydrogen) atoms. The minimum atomic E-state index is 0.886. The number of hydrogen-bond donors (Lipinski definition) is 1. The van der Waals surface area contributed by atoms with Crippen molar-refractivity contribution in [1.29, 1.82) is 0 Å². The first kappa shape index (κ1) is 29.2. The number of unbranched alkanes of at least 4 members (excludes halogenated alkanes) is 18. The topological polar surface area (TPSA) is 29.3 Å². The van der Waals surface area contributed by atoms with Gasteiger partial charge in [-0.15, -0.1) is 0 Å². The first-order valence-electron chi connectivity index (χ1n) is 12.9. The summed E-state index contributed by atoms with van der Waals surface area (Å²) in [5.41, 5.74) is 0. The Hall–Kier alpha value is 0.200. The molecule has 4 heteroatoms. The van der Waals surface area contributed by atoms with E-state index in [1.54, 1.807) is 0 Å². The summed E-state index contributed by atoms with van der Waals surface area (Å²) < 4.78 is 0.886. The van der Waals surface area contributed by atoms with Gasteiger partial charge < -0.3 is 4.90 Å². The lowest BCUT2D eigenvalue weighted by molar-refractivity contribution is 0.394. The molecular formula is C25H52N2S2. The summed E-state index contributed by atoms with van der Waals surface area (Å²) in [5, 5.41) is 5.75. The number of hydrogen-bond acceptors (Lipinski definition) is 3. The van der Waals surface area contributed by atoms with Gasteiger partial charge in [-0.2, -0.15) is 0 Å². The molecular weight excluding hydrogens is 392 g/mol. The van der Waals surface area contributed by atoms with Crippen molar-refractivity contribution in [3.05, 3.63) is 0 Å². The molecule has 0 aromatic heterocycles. The molecule has 0 fully saturated rings. The SMILES string of the molecule is CCCCCCCCCCCCN(CCCCCCCCCCCC)C(=S)SN. The van der Waals surface area contributed by atoms with Crippen LogP contribution in [0.5, 0.6) is 0 Å². The van der Waals surface area contributed by atoms with E-state index in [2.05, 4.69) is 18.7 Å². The van der Waals surface area contributed by atoms with E-state index in [-0.39, 0.29) is 0 Å². The Morgan fingerprint density at radius 2 is 0.828 bits per heavy atom. The highest BCUT2D eigenvalue weighted by atomic mass is 32.2. The van der Waals surface area contributed by atoms with Crippen molar-refractivity contribution >= 4 is 28.5 Å². The minimum Gasteiger partial charge on any atom is -0.357 e. The molecule has 0 aliphatic rings.